The smallest absolute Gasteiger partial charge is 0.137 e. The Labute approximate surface area is 123 Å². The summed E-state index contributed by atoms with van der Waals surface area (Å²) in [6, 6.07) is 10.6. The summed E-state index contributed by atoms with van der Waals surface area (Å²) in [4.78, 5) is -0.000365. The van der Waals surface area contributed by atoms with Gasteiger partial charge in [0.1, 0.15) is 23.2 Å². The minimum atomic E-state index is -0.462. The van der Waals surface area contributed by atoms with Gasteiger partial charge in [-0.2, -0.15) is 0 Å². The van der Waals surface area contributed by atoms with Crippen molar-refractivity contribution in [2.24, 2.45) is 5.73 Å². The number of thiocarbonyl (C=S) groups is 1. The van der Waals surface area contributed by atoms with Crippen molar-refractivity contribution in [1.29, 1.82) is 0 Å². The molecule has 0 saturated heterocycles. The highest BCUT2D eigenvalue weighted by atomic mass is 32.1. The molecule has 0 heterocycles. The fraction of sp³-hybridized carbons (Fsp3) is 0.188. The van der Waals surface area contributed by atoms with E-state index in [4.69, 9.17) is 22.7 Å². The molecule has 0 amide bonds. The molecule has 0 aliphatic carbocycles. The molecule has 20 heavy (non-hydrogen) atoms. The van der Waals surface area contributed by atoms with Crippen molar-refractivity contribution in [2.75, 3.05) is 0 Å². The van der Waals surface area contributed by atoms with Crippen molar-refractivity contribution in [1.82, 2.24) is 0 Å². The predicted octanol–water partition coefficient (Wildman–Crippen LogP) is 3.66. The summed E-state index contributed by atoms with van der Waals surface area (Å²) in [6.45, 7) is 4.40. The van der Waals surface area contributed by atoms with Crippen molar-refractivity contribution in [3.63, 3.8) is 0 Å². The molecule has 2 nitrogen and oxygen atoms in total. The molecule has 0 fully saturated rings. The second-order valence-electron chi connectivity index (χ2n) is 4.64. The van der Waals surface area contributed by atoms with Gasteiger partial charge in [-0.1, -0.05) is 36.5 Å². The summed E-state index contributed by atoms with van der Waals surface area (Å²) in [6.07, 6.45) is 0. The van der Waals surface area contributed by atoms with Gasteiger partial charge < -0.3 is 10.5 Å². The van der Waals surface area contributed by atoms with E-state index in [1.165, 1.54) is 6.07 Å². The molecule has 4 heteroatoms. The molecule has 0 aliphatic heterocycles. The van der Waals surface area contributed by atoms with Crippen LogP contribution in [-0.2, 0) is 6.61 Å². The van der Waals surface area contributed by atoms with Crippen LogP contribution in [0.15, 0.2) is 36.4 Å². The maximum Gasteiger partial charge on any atom is 0.137 e. The normalized spacial score (nSPS) is 10.3. The highest BCUT2D eigenvalue weighted by Crippen LogP contribution is 2.23. The molecule has 0 bridgehead atoms. The Morgan fingerprint density at radius 2 is 1.75 bits per heavy atom. The third-order valence-electron chi connectivity index (χ3n) is 3.24. The topological polar surface area (TPSA) is 35.2 Å². The van der Waals surface area contributed by atoms with Gasteiger partial charge in [0.25, 0.3) is 0 Å². The molecule has 2 aromatic carbocycles. The van der Waals surface area contributed by atoms with E-state index in [2.05, 4.69) is 0 Å². The minimum absolute atomic E-state index is 0.000365. The Kier molecular flexibility index (Phi) is 4.35. The van der Waals surface area contributed by atoms with Crippen LogP contribution in [0.5, 0.6) is 5.75 Å². The van der Waals surface area contributed by atoms with Crippen molar-refractivity contribution < 1.29 is 9.13 Å². The zero-order chi connectivity index (χ0) is 14.7. The largest absolute Gasteiger partial charge is 0.488 e. The molecular formula is C16H16FNOS. The average Bonchev–Trinajstić information content (AvgIpc) is 2.37. The van der Waals surface area contributed by atoms with E-state index in [0.717, 1.165) is 16.7 Å². The van der Waals surface area contributed by atoms with Crippen molar-refractivity contribution >= 4 is 17.2 Å². The van der Waals surface area contributed by atoms with E-state index < -0.39 is 5.82 Å². The first-order chi connectivity index (χ1) is 9.50. The summed E-state index contributed by atoms with van der Waals surface area (Å²) in [7, 11) is 0. The van der Waals surface area contributed by atoms with Crippen LogP contribution in [0.3, 0.4) is 0 Å². The van der Waals surface area contributed by atoms with E-state index in [9.17, 15) is 4.39 Å². The molecule has 2 N–H and O–H groups in total. The Morgan fingerprint density at radius 1 is 1.15 bits per heavy atom. The number of hydrogen-bond donors (Lipinski definition) is 1. The Hall–Kier alpha value is -1.94. The standard InChI is InChI=1S/C16H16FNOS/c1-10-5-3-6-11(2)12(10)9-19-14-8-4-7-13(17)15(14)16(18)20/h3-8H,9H2,1-2H3,(H2,18,20). The van der Waals surface area contributed by atoms with Crippen molar-refractivity contribution in [3.05, 3.63) is 64.5 Å². The zero-order valence-corrected chi connectivity index (χ0v) is 12.3. The van der Waals surface area contributed by atoms with E-state index in [-0.39, 0.29) is 10.6 Å². The van der Waals surface area contributed by atoms with Crippen molar-refractivity contribution in [2.45, 2.75) is 20.5 Å². The number of benzene rings is 2. The first-order valence-corrected chi connectivity index (χ1v) is 6.67. The summed E-state index contributed by atoms with van der Waals surface area (Å²) in [5, 5.41) is 0. The van der Waals surface area contributed by atoms with E-state index in [1.54, 1.807) is 12.1 Å². The summed E-state index contributed by atoms with van der Waals surface area (Å²) >= 11 is 4.88. The van der Waals surface area contributed by atoms with Gasteiger partial charge >= 0.3 is 0 Å². The van der Waals surface area contributed by atoms with Crippen LogP contribution >= 0.6 is 12.2 Å². The molecule has 104 valence electrons. The lowest BCUT2D eigenvalue weighted by atomic mass is 10.0. The lowest BCUT2D eigenvalue weighted by Gasteiger charge is -2.14. The van der Waals surface area contributed by atoms with Crippen LogP contribution in [0.2, 0.25) is 0 Å². The number of aryl methyl sites for hydroxylation is 2. The Morgan fingerprint density at radius 3 is 2.35 bits per heavy atom. The number of ether oxygens (including phenoxy) is 1. The second kappa shape index (κ2) is 6.01. The first kappa shape index (κ1) is 14.5. The Balaban J connectivity index is 2.28. The zero-order valence-electron chi connectivity index (χ0n) is 11.4. The van der Waals surface area contributed by atoms with E-state index in [1.807, 2.05) is 32.0 Å². The first-order valence-electron chi connectivity index (χ1n) is 6.27. The van der Waals surface area contributed by atoms with Crippen molar-refractivity contribution in [3.8, 4) is 5.75 Å². The maximum absolute atomic E-state index is 13.7. The molecule has 0 atom stereocenters. The molecule has 0 radical (unpaired) electrons. The SMILES string of the molecule is Cc1cccc(C)c1COc1cccc(F)c1C(N)=S. The summed E-state index contributed by atoms with van der Waals surface area (Å²) in [5.74, 6) is -0.0864. The molecular weight excluding hydrogens is 273 g/mol. The molecule has 2 rings (SSSR count). The number of rotatable bonds is 4. The van der Waals surface area contributed by atoms with Gasteiger partial charge in [0.2, 0.25) is 0 Å². The van der Waals surface area contributed by atoms with Gasteiger partial charge in [-0.25, -0.2) is 4.39 Å². The van der Waals surface area contributed by atoms with Gasteiger partial charge in [-0.3, -0.25) is 0 Å². The third-order valence-corrected chi connectivity index (χ3v) is 3.44. The lowest BCUT2D eigenvalue weighted by molar-refractivity contribution is 0.302. The van der Waals surface area contributed by atoms with Crippen LogP contribution < -0.4 is 10.5 Å². The summed E-state index contributed by atoms with van der Waals surface area (Å²) < 4.78 is 19.5. The average molecular weight is 289 g/mol. The predicted molar refractivity (Wildman–Crippen MR) is 82.5 cm³/mol. The number of nitrogens with two attached hydrogens (primary N) is 1. The van der Waals surface area contributed by atoms with Gasteiger partial charge in [0, 0.05) is 0 Å². The highest BCUT2D eigenvalue weighted by Gasteiger charge is 2.13. The van der Waals surface area contributed by atoms with Crippen LogP contribution in [0.1, 0.15) is 22.3 Å². The summed E-state index contributed by atoms with van der Waals surface area (Å²) in [5.41, 5.74) is 9.08. The van der Waals surface area contributed by atoms with Gasteiger partial charge in [-0.05, 0) is 42.7 Å². The quantitative estimate of drug-likeness (QED) is 0.873. The third kappa shape index (κ3) is 2.96. The van der Waals surface area contributed by atoms with Gasteiger partial charge in [0.05, 0.1) is 5.56 Å². The lowest BCUT2D eigenvalue weighted by Crippen LogP contribution is -2.14. The highest BCUT2D eigenvalue weighted by molar-refractivity contribution is 7.80. The number of hydrogen-bond acceptors (Lipinski definition) is 2. The van der Waals surface area contributed by atoms with Gasteiger partial charge in [0.15, 0.2) is 0 Å². The van der Waals surface area contributed by atoms with Crippen LogP contribution in [0, 0.1) is 19.7 Å². The minimum Gasteiger partial charge on any atom is -0.488 e. The molecule has 0 saturated carbocycles. The van der Waals surface area contributed by atoms with Crippen LogP contribution in [0.25, 0.3) is 0 Å². The molecule has 0 unspecified atom stereocenters. The molecule has 0 aromatic heterocycles. The van der Waals surface area contributed by atoms with E-state index >= 15 is 0 Å². The van der Waals surface area contributed by atoms with Crippen LogP contribution in [0.4, 0.5) is 4.39 Å². The van der Waals surface area contributed by atoms with E-state index in [0.29, 0.717) is 12.4 Å². The Bertz CT molecular complexity index is 635. The van der Waals surface area contributed by atoms with Gasteiger partial charge in [-0.15, -0.1) is 0 Å². The number of halogens is 1. The van der Waals surface area contributed by atoms with Crippen LogP contribution in [-0.4, -0.2) is 4.99 Å². The molecule has 0 spiro atoms. The maximum atomic E-state index is 13.7. The fourth-order valence-electron chi connectivity index (χ4n) is 2.09. The second-order valence-corrected chi connectivity index (χ2v) is 5.08. The molecule has 0 aliphatic rings. The monoisotopic (exact) mass is 289 g/mol. The fourth-order valence-corrected chi connectivity index (χ4v) is 2.29. The molecule has 2 aromatic rings.